The van der Waals surface area contributed by atoms with Crippen LogP contribution in [0.15, 0.2) is 12.1 Å². The standard InChI is InChI=1S/C15H24N4O2/c1-10(2)13-8-11(9-14(17-13)18-16)15(21)19(6-7-20)12-4-3-5-12/h8-10,12,20H,3-7,16H2,1-2H3,(H,17,18). The van der Waals surface area contributed by atoms with Crippen molar-refractivity contribution < 1.29 is 9.90 Å². The van der Waals surface area contributed by atoms with Crippen LogP contribution in [0.1, 0.15) is 55.1 Å². The normalized spacial score (nSPS) is 14.9. The van der Waals surface area contributed by atoms with Gasteiger partial charge in [-0.1, -0.05) is 13.8 Å². The molecule has 0 radical (unpaired) electrons. The predicted octanol–water partition coefficient (Wildman–Crippen LogP) is 1.48. The Labute approximate surface area is 125 Å². The van der Waals surface area contributed by atoms with E-state index in [1.807, 2.05) is 19.9 Å². The van der Waals surface area contributed by atoms with Crippen molar-refractivity contribution in [2.45, 2.75) is 45.1 Å². The Morgan fingerprint density at radius 3 is 2.71 bits per heavy atom. The van der Waals surface area contributed by atoms with E-state index >= 15 is 0 Å². The Hall–Kier alpha value is -1.66. The number of nitrogen functional groups attached to an aromatic ring is 1. The summed E-state index contributed by atoms with van der Waals surface area (Å²) in [6, 6.07) is 3.73. The predicted molar refractivity (Wildman–Crippen MR) is 81.9 cm³/mol. The minimum atomic E-state index is -0.0606. The van der Waals surface area contributed by atoms with Crippen LogP contribution in [0.5, 0.6) is 0 Å². The van der Waals surface area contributed by atoms with Crippen molar-refractivity contribution >= 4 is 11.7 Å². The van der Waals surface area contributed by atoms with Crippen molar-refractivity contribution in [2.75, 3.05) is 18.6 Å². The Balaban J connectivity index is 2.29. The Morgan fingerprint density at radius 2 is 2.24 bits per heavy atom. The van der Waals surface area contributed by atoms with Crippen molar-refractivity contribution in [3.8, 4) is 0 Å². The molecule has 1 aromatic rings. The second-order valence-electron chi connectivity index (χ2n) is 5.77. The SMILES string of the molecule is CC(C)c1cc(C(=O)N(CCO)C2CCC2)cc(NN)n1. The van der Waals surface area contributed by atoms with Gasteiger partial charge in [0.05, 0.1) is 6.61 Å². The molecule has 1 saturated carbocycles. The maximum atomic E-state index is 12.7. The summed E-state index contributed by atoms with van der Waals surface area (Å²) in [5.74, 6) is 6.08. The van der Waals surface area contributed by atoms with E-state index in [9.17, 15) is 9.90 Å². The number of pyridine rings is 1. The van der Waals surface area contributed by atoms with Crippen molar-refractivity contribution in [1.82, 2.24) is 9.88 Å². The number of nitrogens with two attached hydrogens (primary N) is 1. The van der Waals surface area contributed by atoms with E-state index in [4.69, 9.17) is 5.84 Å². The van der Waals surface area contributed by atoms with Crippen LogP contribution in [-0.4, -0.2) is 40.1 Å². The van der Waals surface area contributed by atoms with Gasteiger partial charge >= 0.3 is 0 Å². The van der Waals surface area contributed by atoms with E-state index in [-0.39, 0.29) is 24.5 Å². The molecule has 0 aliphatic heterocycles. The van der Waals surface area contributed by atoms with E-state index < -0.39 is 0 Å². The lowest BCUT2D eigenvalue weighted by Crippen LogP contribution is -2.45. The number of nitrogens with one attached hydrogen (secondary N) is 1. The molecular weight excluding hydrogens is 268 g/mol. The number of nitrogens with zero attached hydrogens (tertiary/aromatic N) is 2. The number of hydrogen-bond donors (Lipinski definition) is 3. The second-order valence-corrected chi connectivity index (χ2v) is 5.77. The molecule has 1 amide bonds. The lowest BCUT2D eigenvalue weighted by atomic mass is 9.91. The molecule has 0 atom stereocenters. The quantitative estimate of drug-likeness (QED) is 0.545. The summed E-state index contributed by atoms with van der Waals surface area (Å²) in [6.07, 6.45) is 3.16. The second kappa shape index (κ2) is 6.87. The molecule has 21 heavy (non-hydrogen) atoms. The zero-order chi connectivity index (χ0) is 15.4. The highest BCUT2D eigenvalue weighted by molar-refractivity contribution is 5.95. The smallest absolute Gasteiger partial charge is 0.254 e. The minimum Gasteiger partial charge on any atom is -0.395 e. The Morgan fingerprint density at radius 1 is 1.52 bits per heavy atom. The fourth-order valence-corrected chi connectivity index (χ4v) is 2.47. The first-order chi connectivity index (χ1) is 10.1. The highest BCUT2D eigenvalue weighted by Crippen LogP contribution is 2.27. The van der Waals surface area contributed by atoms with Gasteiger partial charge in [-0.05, 0) is 37.3 Å². The molecule has 0 aromatic carbocycles. The van der Waals surface area contributed by atoms with Gasteiger partial charge in [0.1, 0.15) is 5.82 Å². The molecule has 2 rings (SSSR count). The summed E-state index contributed by atoms with van der Waals surface area (Å²) < 4.78 is 0. The highest BCUT2D eigenvalue weighted by Gasteiger charge is 2.29. The topological polar surface area (TPSA) is 91.5 Å². The van der Waals surface area contributed by atoms with Crippen molar-refractivity contribution in [1.29, 1.82) is 0 Å². The summed E-state index contributed by atoms with van der Waals surface area (Å²) in [5.41, 5.74) is 3.91. The molecule has 4 N–H and O–H groups in total. The molecule has 1 aliphatic carbocycles. The van der Waals surface area contributed by atoms with Gasteiger partial charge in [0.25, 0.3) is 5.91 Å². The fourth-order valence-electron chi connectivity index (χ4n) is 2.47. The fraction of sp³-hybridized carbons (Fsp3) is 0.600. The van der Waals surface area contributed by atoms with Crippen molar-refractivity contribution in [3.63, 3.8) is 0 Å². The van der Waals surface area contributed by atoms with Crippen LogP contribution in [-0.2, 0) is 0 Å². The zero-order valence-electron chi connectivity index (χ0n) is 12.7. The third-order valence-electron chi connectivity index (χ3n) is 3.95. The van der Waals surface area contributed by atoms with E-state index in [0.717, 1.165) is 25.0 Å². The number of aliphatic hydroxyl groups is 1. The van der Waals surface area contributed by atoms with Crippen LogP contribution >= 0.6 is 0 Å². The number of aromatic nitrogens is 1. The third kappa shape index (κ3) is 3.51. The number of aliphatic hydroxyl groups excluding tert-OH is 1. The van der Waals surface area contributed by atoms with Crippen LogP contribution in [0.3, 0.4) is 0 Å². The van der Waals surface area contributed by atoms with Gasteiger partial charge in [0.2, 0.25) is 0 Å². The average molecular weight is 292 g/mol. The molecule has 1 aromatic heterocycles. The molecule has 0 bridgehead atoms. The van der Waals surface area contributed by atoms with E-state index in [2.05, 4.69) is 10.4 Å². The molecule has 0 saturated heterocycles. The monoisotopic (exact) mass is 292 g/mol. The van der Waals surface area contributed by atoms with Gasteiger partial charge in [0, 0.05) is 23.8 Å². The summed E-state index contributed by atoms with van der Waals surface area (Å²) >= 11 is 0. The first-order valence-electron chi connectivity index (χ1n) is 7.47. The van der Waals surface area contributed by atoms with Crippen LogP contribution in [0.2, 0.25) is 0 Å². The summed E-state index contributed by atoms with van der Waals surface area (Å²) in [5, 5.41) is 9.21. The number of hydrazine groups is 1. The number of carbonyl (C=O) groups excluding carboxylic acids is 1. The van der Waals surface area contributed by atoms with Gasteiger partial charge in [-0.15, -0.1) is 0 Å². The number of amides is 1. The number of anilines is 1. The molecular formula is C15H24N4O2. The number of carbonyl (C=O) groups is 1. The molecule has 116 valence electrons. The molecule has 6 nitrogen and oxygen atoms in total. The van der Waals surface area contributed by atoms with Gasteiger partial charge in [-0.25, -0.2) is 10.8 Å². The van der Waals surface area contributed by atoms with E-state index in [0.29, 0.717) is 17.9 Å². The Bertz CT molecular complexity index is 500. The van der Waals surface area contributed by atoms with Crippen molar-refractivity contribution in [2.24, 2.45) is 5.84 Å². The van der Waals surface area contributed by atoms with Gasteiger partial charge in [-0.2, -0.15) is 0 Å². The van der Waals surface area contributed by atoms with Crippen molar-refractivity contribution in [3.05, 3.63) is 23.4 Å². The van der Waals surface area contributed by atoms with E-state index in [1.54, 1.807) is 11.0 Å². The summed E-state index contributed by atoms with van der Waals surface area (Å²) in [6.45, 7) is 4.39. The number of hydrogen-bond acceptors (Lipinski definition) is 5. The van der Waals surface area contributed by atoms with Gasteiger partial charge in [-0.3, -0.25) is 4.79 Å². The van der Waals surface area contributed by atoms with E-state index in [1.165, 1.54) is 0 Å². The van der Waals surface area contributed by atoms with Crippen LogP contribution in [0.25, 0.3) is 0 Å². The first kappa shape index (κ1) is 15.7. The van der Waals surface area contributed by atoms with Crippen LogP contribution in [0.4, 0.5) is 5.82 Å². The largest absolute Gasteiger partial charge is 0.395 e. The maximum Gasteiger partial charge on any atom is 0.254 e. The highest BCUT2D eigenvalue weighted by atomic mass is 16.3. The Kier molecular flexibility index (Phi) is 5.14. The third-order valence-corrected chi connectivity index (χ3v) is 3.95. The summed E-state index contributed by atoms with van der Waals surface area (Å²) in [4.78, 5) is 18.9. The summed E-state index contributed by atoms with van der Waals surface area (Å²) in [7, 11) is 0. The molecule has 1 fully saturated rings. The van der Waals surface area contributed by atoms with Gasteiger partial charge in [0.15, 0.2) is 0 Å². The van der Waals surface area contributed by atoms with Crippen LogP contribution in [0, 0.1) is 0 Å². The zero-order valence-corrected chi connectivity index (χ0v) is 12.7. The van der Waals surface area contributed by atoms with Crippen LogP contribution < -0.4 is 11.3 Å². The lowest BCUT2D eigenvalue weighted by molar-refractivity contribution is 0.0525. The lowest BCUT2D eigenvalue weighted by Gasteiger charge is -2.37. The number of rotatable bonds is 6. The molecule has 6 heteroatoms. The maximum absolute atomic E-state index is 12.7. The molecule has 0 spiro atoms. The molecule has 0 unspecified atom stereocenters. The molecule has 1 aliphatic rings. The first-order valence-corrected chi connectivity index (χ1v) is 7.47. The van der Waals surface area contributed by atoms with Gasteiger partial charge < -0.3 is 15.4 Å². The average Bonchev–Trinajstić information content (AvgIpc) is 2.43. The minimum absolute atomic E-state index is 0.0215. The molecule has 1 heterocycles.